The molecule has 0 spiro atoms. The van der Waals surface area contributed by atoms with Crippen LogP contribution < -0.4 is 5.73 Å². The van der Waals surface area contributed by atoms with Crippen LogP contribution in [0.15, 0.2) is 12.1 Å². The number of nitriles is 1. The average molecular weight is 287 g/mol. The Balaban J connectivity index is 2.43. The van der Waals surface area contributed by atoms with Gasteiger partial charge in [-0.1, -0.05) is 33.0 Å². The first-order valence-electron chi connectivity index (χ1n) is 6.93. The Morgan fingerprint density at radius 1 is 1.55 bits per heavy atom. The molecule has 1 atom stereocenters. The van der Waals surface area contributed by atoms with Crippen molar-refractivity contribution in [3.63, 3.8) is 0 Å². The van der Waals surface area contributed by atoms with E-state index in [4.69, 9.17) is 23.2 Å². The first kappa shape index (κ1) is 14.8. The van der Waals surface area contributed by atoms with Crippen molar-refractivity contribution in [2.45, 2.75) is 40.0 Å². The van der Waals surface area contributed by atoms with E-state index in [2.05, 4.69) is 31.8 Å². The van der Waals surface area contributed by atoms with Crippen molar-refractivity contribution in [2.24, 2.45) is 17.1 Å². The summed E-state index contributed by atoms with van der Waals surface area (Å²) in [6, 6.07) is 4.02. The molecule has 1 aromatic rings. The molecule has 1 aromatic heterocycles. The van der Waals surface area contributed by atoms with Gasteiger partial charge < -0.3 is 10.7 Å². The van der Waals surface area contributed by atoms with Gasteiger partial charge in [-0.05, 0) is 42.2 Å². The highest BCUT2D eigenvalue weighted by atomic mass is 32.1. The van der Waals surface area contributed by atoms with Crippen molar-refractivity contribution < 1.29 is 0 Å². The molecule has 0 amide bonds. The number of pyridine rings is 1. The predicted octanol–water partition coefficient (Wildman–Crippen LogP) is 3.72. The third-order valence-electron chi connectivity index (χ3n) is 4.18. The molecule has 3 nitrogen and oxygen atoms in total. The molecule has 1 aliphatic carbocycles. The Morgan fingerprint density at radius 2 is 2.25 bits per heavy atom. The van der Waals surface area contributed by atoms with E-state index in [0.717, 1.165) is 18.4 Å². The van der Waals surface area contributed by atoms with Crippen LogP contribution in [-0.2, 0) is 12.8 Å². The van der Waals surface area contributed by atoms with Gasteiger partial charge in [-0.2, -0.15) is 5.26 Å². The van der Waals surface area contributed by atoms with Gasteiger partial charge in [0.25, 0.3) is 0 Å². The second-order valence-corrected chi connectivity index (χ2v) is 6.96. The highest BCUT2D eigenvalue weighted by Crippen LogP contribution is 2.37. The van der Waals surface area contributed by atoms with Gasteiger partial charge in [0.05, 0.1) is 11.8 Å². The molecule has 0 bridgehead atoms. The average Bonchev–Trinajstić information content (AvgIpc) is 2.36. The van der Waals surface area contributed by atoms with Crippen LogP contribution in [0, 0.1) is 27.3 Å². The number of nitrogens with one attached hydrogen (secondary N) is 1. The number of H-pyrrole nitrogens is 1. The smallest absolute Gasteiger partial charge is 0.112 e. The van der Waals surface area contributed by atoms with E-state index < -0.39 is 0 Å². The van der Waals surface area contributed by atoms with Crippen molar-refractivity contribution in [1.29, 1.82) is 5.26 Å². The second kappa shape index (κ2) is 5.41. The number of hydrogen-bond donors (Lipinski definition) is 2. The van der Waals surface area contributed by atoms with Crippen molar-refractivity contribution in [2.75, 3.05) is 0 Å². The molecule has 4 heteroatoms. The number of nitrogens with two attached hydrogens (primary N) is 1. The van der Waals surface area contributed by atoms with Crippen LogP contribution in [-0.4, -0.2) is 4.98 Å². The SMILES string of the molecule is CC(C)(C)C1CCc2[nH]c(=S)c(/C(N)=C/C#N)cc2C1. The number of allylic oxidation sites excluding steroid dienone is 1. The number of aryl methyl sites for hydroxylation is 1. The highest BCUT2D eigenvalue weighted by Gasteiger charge is 2.29. The van der Waals surface area contributed by atoms with E-state index in [1.165, 1.54) is 23.8 Å². The molecule has 20 heavy (non-hydrogen) atoms. The molecule has 1 aliphatic rings. The van der Waals surface area contributed by atoms with E-state index in [9.17, 15) is 0 Å². The molecule has 0 aromatic carbocycles. The maximum atomic E-state index is 8.73. The summed E-state index contributed by atoms with van der Waals surface area (Å²) in [6.45, 7) is 6.87. The van der Waals surface area contributed by atoms with Gasteiger partial charge >= 0.3 is 0 Å². The van der Waals surface area contributed by atoms with Crippen molar-refractivity contribution in [1.82, 2.24) is 4.98 Å². The number of aromatic nitrogens is 1. The summed E-state index contributed by atoms with van der Waals surface area (Å²) in [6.07, 6.45) is 4.60. The van der Waals surface area contributed by atoms with Gasteiger partial charge in [0, 0.05) is 17.3 Å². The molecule has 0 aliphatic heterocycles. The normalized spacial score (nSPS) is 19.3. The summed E-state index contributed by atoms with van der Waals surface area (Å²) < 4.78 is 0.627. The van der Waals surface area contributed by atoms with Gasteiger partial charge in [-0.25, -0.2) is 0 Å². The molecule has 2 rings (SSSR count). The number of hydrogen-bond acceptors (Lipinski definition) is 3. The maximum Gasteiger partial charge on any atom is 0.112 e. The minimum absolute atomic E-state index is 0.304. The van der Waals surface area contributed by atoms with Crippen LogP contribution in [0.1, 0.15) is 44.0 Å². The van der Waals surface area contributed by atoms with E-state index in [1.54, 1.807) is 0 Å². The Kier molecular flexibility index (Phi) is 4.01. The molecule has 106 valence electrons. The molecule has 1 unspecified atom stereocenters. The Bertz CT molecular complexity index is 641. The lowest BCUT2D eigenvalue weighted by Crippen LogP contribution is -2.27. The molecule has 3 N–H and O–H groups in total. The second-order valence-electron chi connectivity index (χ2n) is 6.55. The fraction of sp³-hybridized carbons (Fsp3) is 0.500. The molecule has 0 fully saturated rings. The first-order chi connectivity index (χ1) is 9.32. The lowest BCUT2D eigenvalue weighted by atomic mass is 9.71. The molecular formula is C16H21N3S. The van der Waals surface area contributed by atoms with Crippen LogP contribution in [0.25, 0.3) is 5.70 Å². The van der Waals surface area contributed by atoms with E-state index in [-0.39, 0.29) is 0 Å². The van der Waals surface area contributed by atoms with Crippen molar-refractivity contribution in [3.05, 3.63) is 33.6 Å². The van der Waals surface area contributed by atoms with Crippen LogP contribution in [0.2, 0.25) is 0 Å². The van der Waals surface area contributed by atoms with Crippen LogP contribution >= 0.6 is 12.2 Å². The summed E-state index contributed by atoms with van der Waals surface area (Å²) in [5.74, 6) is 0.661. The van der Waals surface area contributed by atoms with Crippen LogP contribution in [0.4, 0.5) is 0 Å². The third-order valence-corrected chi connectivity index (χ3v) is 4.50. The number of nitrogens with zero attached hydrogens (tertiary/aromatic N) is 1. The molecular weight excluding hydrogens is 266 g/mol. The summed E-state index contributed by atoms with van der Waals surface area (Å²) in [5, 5.41) is 8.73. The summed E-state index contributed by atoms with van der Waals surface area (Å²) in [7, 11) is 0. The minimum Gasteiger partial charge on any atom is -0.398 e. The van der Waals surface area contributed by atoms with Gasteiger partial charge in [0.15, 0.2) is 0 Å². The van der Waals surface area contributed by atoms with E-state index in [1.807, 2.05) is 6.07 Å². The van der Waals surface area contributed by atoms with Gasteiger partial charge in [-0.15, -0.1) is 0 Å². The molecule has 1 heterocycles. The predicted molar refractivity (Wildman–Crippen MR) is 84.4 cm³/mol. The monoisotopic (exact) mass is 287 g/mol. The highest BCUT2D eigenvalue weighted by molar-refractivity contribution is 7.71. The fourth-order valence-corrected chi connectivity index (χ4v) is 3.10. The molecule has 0 saturated carbocycles. The van der Waals surface area contributed by atoms with Crippen molar-refractivity contribution >= 4 is 17.9 Å². The zero-order valence-electron chi connectivity index (χ0n) is 12.3. The molecule has 0 saturated heterocycles. The Hall–Kier alpha value is -1.60. The number of aromatic amines is 1. The van der Waals surface area contributed by atoms with E-state index >= 15 is 0 Å². The Morgan fingerprint density at radius 3 is 2.85 bits per heavy atom. The zero-order valence-corrected chi connectivity index (χ0v) is 13.1. The van der Waals surface area contributed by atoms with E-state index in [0.29, 0.717) is 21.7 Å². The maximum absolute atomic E-state index is 8.73. The van der Waals surface area contributed by atoms with Gasteiger partial charge in [0.1, 0.15) is 4.64 Å². The fourth-order valence-electron chi connectivity index (χ4n) is 2.80. The van der Waals surface area contributed by atoms with Gasteiger partial charge in [-0.3, -0.25) is 0 Å². The van der Waals surface area contributed by atoms with Crippen molar-refractivity contribution in [3.8, 4) is 6.07 Å². The standard InChI is InChI=1S/C16H21N3S/c1-16(2,3)11-4-5-14-10(8-11)9-12(15(20)19-14)13(18)6-7-17/h6,9,11H,4-5,8,18H2,1-3H3,(H,19,20)/b13-6-. The largest absolute Gasteiger partial charge is 0.398 e. The summed E-state index contributed by atoms with van der Waals surface area (Å²) >= 11 is 5.34. The molecule has 0 radical (unpaired) electrons. The topological polar surface area (TPSA) is 65.6 Å². The van der Waals surface area contributed by atoms with Crippen LogP contribution in [0.3, 0.4) is 0 Å². The third kappa shape index (κ3) is 2.94. The number of fused-ring (bicyclic) bond motifs is 1. The summed E-state index contributed by atoms with van der Waals surface area (Å²) in [4.78, 5) is 3.29. The van der Waals surface area contributed by atoms with Crippen LogP contribution in [0.5, 0.6) is 0 Å². The Labute approximate surface area is 125 Å². The lowest BCUT2D eigenvalue weighted by molar-refractivity contribution is 0.215. The summed E-state index contributed by atoms with van der Waals surface area (Å²) in [5.41, 5.74) is 9.94. The quantitative estimate of drug-likeness (QED) is 0.611. The van der Waals surface area contributed by atoms with Gasteiger partial charge in [0.2, 0.25) is 0 Å². The minimum atomic E-state index is 0.304. The number of rotatable bonds is 1. The first-order valence-corrected chi connectivity index (χ1v) is 7.34. The zero-order chi connectivity index (χ0) is 14.9. The lowest BCUT2D eigenvalue weighted by Gasteiger charge is -2.35.